The Morgan fingerprint density at radius 2 is 1.89 bits per heavy atom. The summed E-state index contributed by atoms with van der Waals surface area (Å²) in [6.45, 7) is 1.95. The van der Waals surface area contributed by atoms with Gasteiger partial charge in [0.25, 0.3) is 5.91 Å². The molecule has 0 unspecified atom stereocenters. The van der Waals surface area contributed by atoms with E-state index in [9.17, 15) is 9.59 Å². The number of hydrogen-bond donors (Lipinski definition) is 1. The van der Waals surface area contributed by atoms with Crippen LogP contribution in [0.3, 0.4) is 0 Å². The van der Waals surface area contributed by atoms with E-state index in [-0.39, 0.29) is 11.5 Å². The number of fused-ring (bicyclic) bond motifs is 1. The van der Waals surface area contributed by atoms with Crippen LogP contribution >= 0.6 is 0 Å². The average Bonchev–Trinajstić information content (AvgIpc) is 3.07. The van der Waals surface area contributed by atoms with Crippen LogP contribution in [0.5, 0.6) is 0 Å². The molecule has 27 heavy (non-hydrogen) atoms. The normalized spacial score (nSPS) is 10.9. The van der Waals surface area contributed by atoms with E-state index in [1.807, 2.05) is 35.7 Å². The van der Waals surface area contributed by atoms with Crippen molar-refractivity contribution < 1.29 is 4.79 Å². The molecule has 7 nitrogen and oxygen atoms in total. The minimum Gasteiger partial charge on any atom is -0.318 e. The number of amides is 1. The zero-order chi connectivity index (χ0) is 19.0. The molecular weight excluding hydrogens is 342 g/mol. The van der Waals surface area contributed by atoms with Gasteiger partial charge in [0, 0.05) is 49.0 Å². The summed E-state index contributed by atoms with van der Waals surface area (Å²) in [5.41, 5.74) is 4.20. The highest BCUT2D eigenvalue weighted by atomic mass is 16.2. The fourth-order valence-corrected chi connectivity index (χ4v) is 2.88. The fourth-order valence-electron chi connectivity index (χ4n) is 2.88. The number of carbonyl (C=O) groups excluding carboxylic acids is 1. The molecule has 0 radical (unpaired) electrons. The smallest absolute Gasteiger partial charge is 0.258 e. The highest BCUT2D eigenvalue weighted by molar-refractivity contribution is 6.03. The maximum atomic E-state index is 12.4. The molecular formula is C20H17N5O2. The number of pyridine rings is 2. The third kappa shape index (κ3) is 3.35. The van der Waals surface area contributed by atoms with E-state index in [0.29, 0.717) is 11.4 Å². The molecule has 4 heterocycles. The van der Waals surface area contributed by atoms with Crippen molar-refractivity contribution >= 4 is 17.2 Å². The number of nitrogens with zero attached hydrogens (tertiary/aromatic N) is 4. The monoisotopic (exact) mass is 359 g/mol. The lowest BCUT2D eigenvalue weighted by Gasteiger charge is -2.06. The molecule has 0 bridgehead atoms. The Morgan fingerprint density at radius 3 is 2.67 bits per heavy atom. The predicted molar refractivity (Wildman–Crippen MR) is 103 cm³/mol. The van der Waals surface area contributed by atoms with Gasteiger partial charge < -0.3 is 14.3 Å². The Hall–Kier alpha value is -3.74. The molecule has 0 saturated heterocycles. The van der Waals surface area contributed by atoms with Crippen LogP contribution in [-0.2, 0) is 7.05 Å². The number of aromatic nitrogens is 4. The number of rotatable bonds is 3. The van der Waals surface area contributed by atoms with Crippen LogP contribution in [0, 0.1) is 6.92 Å². The van der Waals surface area contributed by atoms with Gasteiger partial charge in [0.2, 0.25) is 5.56 Å². The van der Waals surface area contributed by atoms with E-state index < -0.39 is 0 Å². The van der Waals surface area contributed by atoms with Gasteiger partial charge in [0.15, 0.2) is 0 Å². The highest BCUT2D eigenvalue weighted by Gasteiger charge is 2.10. The molecule has 7 heteroatoms. The summed E-state index contributed by atoms with van der Waals surface area (Å²) < 4.78 is 3.26. The first kappa shape index (κ1) is 16.7. The number of carbonyl (C=O) groups is 1. The van der Waals surface area contributed by atoms with Gasteiger partial charge in [-0.15, -0.1) is 0 Å². The van der Waals surface area contributed by atoms with Crippen molar-refractivity contribution in [3.05, 3.63) is 82.9 Å². The molecule has 0 atom stereocenters. The first-order valence-corrected chi connectivity index (χ1v) is 8.38. The number of hydrogen-bond acceptors (Lipinski definition) is 4. The van der Waals surface area contributed by atoms with Gasteiger partial charge in [-0.1, -0.05) is 0 Å². The zero-order valence-corrected chi connectivity index (χ0v) is 14.9. The topological polar surface area (TPSA) is 81.3 Å². The molecule has 1 amide bonds. The summed E-state index contributed by atoms with van der Waals surface area (Å²) in [6, 6.07) is 10.7. The van der Waals surface area contributed by atoms with E-state index in [0.717, 1.165) is 22.3 Å². The maximum Gasteiger partial charge on any atom is 0.258 e. The molecule has 0 aliphatic heterocycles. The molecule has 0 aromatic carbocycles. The van der Waals surface area contributed by atoms with Crippen LogP contribution in [0.25, 0.3) is 16.6 Å². The molecule has 0 aliphatic carbocycles. The van der Waals surface area contributed by atoms with E-state index in [2.05, 4.69) is 15.3 Å². The van der Waals surface area contributed by atoms with Crippen LogP contribution in [0.1, 0.15) is 16.1 Å². The molecule has 0 aliphatic rings. The largest absolute Gasteiger partial charge is 0.318 e. The van der Waals surface area contributed by atoms with Gasteiger partial charge in [-0.3, -0.25) is 14.6 Å². The van der Waals surface area contributed by atoms with Crippen molar-refractivity contribution in [1.29, 1.82) is 0 Å². The van der Waals surface area contributed by atoms with Crippen molar-refractivity contribution in [3.8, 4) is 11.1 Å². The third-order valence-electron chi connectivity index (χ3n) is 4.31. The molecule has 0 saturated carbocycles. The molecule has 4 rings (SSSR count). The van der Waals surface area contributed by atoms with Crippen LogP contribution < -0.4 is 10.9 Å². The Morgan fingerprint density at radius 1 is 1.04 bits per heavy atom. The molecule has 4 aromatic rings. The zero-order valence-electron chi connectivity index (χ0n) is 14.9. The van der Waals surface area contributed by atoms with Crippen molar-refractivity contribution in [2.24, 2.45) is 7.05 Å². The van der Waals surface area contributed by atoms with Crippen molar-refractivity contribution in [2.45, 2.75) is 6.92 Å². The molecule has 0 spiro atoms. The Kier molecular flexibility index (Phi) is 4.04. The maximum absolute atomic E-state index is 12.4. The van der Waals surface area contributed by atoms with Crippen LogP contribution in [0.15, 0.2) is 66.1 Å². The van der Waals surface area contributed by atoms with Crippen LogP contribution in [0.2, 0.25) is 0 Å². The highest BCUT2D eigenvalue weighted by Crippen LogP contribution is 2.23. The lowest BCUT2D eigenvalue weighted by Crippen LogP contribution is -2.19. The molecule has 4 aromatic heterocycles. The van der Waals surface area contributed by atoms with Gasteiger partial charge in [-0.2, -0.15) is 0 Å². The van der Waals surface area contributed by atoms with Crippen molar-refractivity contribution in [2.75, 3.05) is 5.32 Å². The molecule has 0 fully saturated rings. The van der Waals surface area contributed by atoms with E-state index >= 15 is 0 Å². The fraction of sp³-hybridized carbons (Fsp3) is 0.100. The number of anilines is 1. The number of aryl methyl sites for hydroxylation is 2. The Bertz CT molecular complexity index is 1220. The first-order valence-electron chi connectivity index (χ1n) is 8.38. The predicted octanol–water partition coefficient (Wildman–Crippen LogP) is 2.66. The van der Waals surface area contributed by atoms with Crippen LogP contribution in [0.4, 0.5) is 5.82 Å². The summed E-state index contributed by atoms with van der Waals surface area (Å²) >= 11 is 0. The van der Waals surface area contributed by atoms with E-state index in [1.165, 1.54) is 22.9 Å². The van der Waals surface area contributed by atoms with Gasteiger partial charge >= 0.3 is 0 Å². The first-order chi connectivity index (χ1) is 13.0. The van der Waals surface area contributed by atoms with E-state index in [4.69, 9.17) is 0 Å². The lowest BCUT2D eigenvalue weighted by molar-refractivity contribution is 0.102. The second kappa shape index (κ2) is 6.53. The summed E-state index contributed by atoms with van der Waals surface area (Å²) in [5, 5.41) is 2.77. The standard InChI is InChI=1S/C20H17N5O2/c1-13-7-14(5-6-21-13)16-8-17-9-18(22-12-25(17)11-16)23-20(27)15-3-4-19(26)24(2)10-15/h3-12H,1-2H3,(H,23,27). The van der Waals surface area contributed by atoms with Gasteiger partial charge in [-0.25, -0.2) is 4.98 Å². The van der Waals surface area contributed by atoms with Crippen molar-refractivity contribution in [1.82, 2.24) is 18.9 Å². The van der Waals surface area contributed by atoms with Crippen LogP contribution in [-0.4, -0.2) is 24.8 Å². The SMILES string of the molecule is Cc1cc(-c2cc3cc(NC(=O)c4ccc(=O)n(C)c4)ncn3c2)ccn1. The summed E-state index contributed by atoms with van der Waals surface area (Å²) in [7, 11) is 1.60. The minimum absolute atomic E-state index is 0.168. The van der Waals surface area contributed by atoms with Gasteiger partial charge in [0.05, 0.1) is 11.1 Å². The lowest BCUT2D eigenvalue weighted by atomic mass is 10.1. The average molecular weight is 359 g/mol. The second-order valence-corrected chi connectivity index (χ2v) is 6.34. The molecule has 134 valence electrons. The summed E-state index contributed by atoms with van der Waals surface area (Å²) in [6.07, 6.45) is 6.92. The second-order valence-electron chi connectivity index (χ2n) is 6.34. The summed E-state index contributed by atoms with van der Waals surface area (Å²) in [4.78, 5) is 32.4. The summed E-state index contributed by atoms with van der Waals surface area (Å²) in [5.74, 6) is 0.121. The minimum atomic E-state index is -0.320. The van der Waals surface area contributed by atoms with Gasteiger partial charge in [0.1, 0.15) is 12.1 Å². The Balaban J connectivity index is 1.62. The quantitative estimate of drug-likeness (QED) is 0.610. The van der Waals surface area contributed by atoms with Gasteiger partial charge in [-0.05, 0) is 36.8 Å². The Labute approximate surface area is 155 Å². The van der Waals surface area contributed by atoms with E-state index in [1.54, 1.807) is 25.6 Å². The third-order valence-corrected chi connectivity index (χ3v) is 4.31. The number of nitrogens with one attached hydrogen (secondary N) is 1. The van der Waals surface area contributed by atoms with Crippen molar-refractivity contribution in [3.63, 3.8) is 0 Å². The molecule has 1 N–H and O–H groups in total.